The van der Waals surface area contributed by atoms with Crippen molar-refractivity contribution in [2.75, 3.05) is 19.7 Å². The summed E-state index contributed by atoms with van der Waals surface area (Å²) in [5.74, 6) is 0. The van der Waals surface area contributed by atoms with Crippen molar-refractivity contribution in [2.24, 2.45) is 0 Å². The van der Waals surface area contributed by atoms with Crippen molar-refractivity contribution in [3.63, 3.8) is 0 Å². The van der Waals surface area contributed by atoms with E-state index in [1.54, 1.807) is 0 Å². The normalized spacial score (nSPS) is 11.1. The molecular formula is C13H19ClN2O2. The van der Waals surface area contributed by atoms with Gasteiger partial charge in [0.2, 0.25) is 0 Å². The van der Waals surface area contributed by atoms with Gasteiger partial charge in [-0.2, -0.15) is 0 Å². The Balaban J connectivity index is 2.54. The standard InChI is InChI=1S/C13H19ClN2O2/c1-13(2,9-16-12(18)15-7-8-17)10-3-5-11(14)6-4-10/h3-6,17H,7-9H2,1-2H3,(H2,15,16,18). The molecular weight excluding hydrogens is 252 g/mol. The Morgan fingerprint density at radius 3 is 2.44 bits per heavy atom. The molecule has 2 amide bonds. The molecule has 4 nitrogen and oxygen atoms in total. The maximum absolute atomic E-state index is 11.4. The lowest BCUT2D eigenvalue weighted by Gasteiger charge is -2.25. The lowest BCUT2D eigenvalue weighted by Crippen LogP contribution is -2.43. The summed E-state index contributed by atoms with van der Waals surface area (Å²) in [6.45, 7) is 4.79. The number of carbonyl (C=O) groups is 1. The van der Waals surface area contributed by atoms with E-state index < -0.39 is 0 Å². The van der Waals surface area contributed by atoms with Gasteiger partial charge < -0.3 is 15.7 Å². The molecule has 0 atom stereocenters. The Labute approximate surface area is 112 Å². The molecule has 1 aromatic carbocycles. The van der Waals surface area contributed by atoms with Crippen molar-refractivity contribution < 1.29 is 9.90 Å². The first kappa shape index (κ1) is 14.8. The zero-order chi connectivity index (χ0) is 13.6. The van der Waals surface area contributed by atoms with Gasteiger partial charge in [0.05, 0.1) is 6.61 Å². The fourth-order valence-corrected chi connectivity index (χ4v) is 1.66. The summed E-state index contributed by atoms with van der Waals surface area (Å²) in [7, 11) is 0. The molecule has 0 bridgehead atoms. The van der Waals surface area contributed by atoms with Gasteiger partial charge in [0, 0.05) is 23.5 Å². The maximum atomic E-state index is 11.4. The molecule has 100 valence electrons. The smallest absolute Gasteiger partial charge is 0.314 e. The van der Waals surface area contributed by atoms with Gasteiger partial charge in [-0.1, -0.05) is 37.6 Å². The number of aliphatic hydroxyl groups is 1. The number of aliphatic hydroxyl groups excluding tert-OH is 1. The van der Waals surface area contributed by atoms with Gasteiger partial charge in [0.15, 0.2) is 0 Å². The summed E-state index contributed by atoms with van der Waals surface area (Å²) >= 11 is 5.84. The SMILES string of the molecule is CC(C)(CNC(=O)NCCO)c1ccc(Cl)cc1. The van der Waals surface area contributed by atoms with Crippen molar-refractivity contribution in [2.45, 2.75) is 19.3 Å². The second-order valence-corrected chi connectivity index (χ2v) is 5.16. The average molecular weight is 271 g/mol. The van der Waals surface area contributed by atoms with Crippen LogP contribution in [0.2, 0.25) is 5.02 Å². The Bertz CT molecular complexity index is 390. The van der Waals surface area contributed by atoms with E-state index in [-0.39, 0.29) is 24.6 Å². The van der Waals surface area contributed by atoms with Crippen molar-refractivity contribution in [3.05, 3.63) is 34.9 Å². The monoisotopic (exact) mass is 270 g/mol. The number of nitrogens with one attached hydrogen (secondary N) is 2. The molecule has 0 radical (unpaired) electrons. The third kappa shape index (κ3) is 4.55. The van der Waals surface area contributed by atoms with Crippen molar-refractivity contribution in [1.82, 2.24) is 10.6 Å². The molecule has 0 aliphatic heterocycles. The van der Waals surface area contributed by atoms with E-state index in [1.807, 2.05) is 38.1 Å². The van der Waals surface area contributed by atoms with E-state index >= 15 is 0 Å². The Morgan fingerprint density at radius 1 is 1.28 bits per heavy atom. The van der Waals surface area contributed by atoms with Gasteiger partial charge in [-0.25, -0.2) is 4.79 Å². The van der Waals surface area contributed by atoms with Crippen LogP contribution in [0, 0.1) is 0 Å². The third-order valence-corrected chi connectivity index (χ3v) is 2.97. The minimum Gasteiger partial charge on any atom is -0.395 e. The van der Waals surface area contributed by atoms with Gasteiger partial charge in [0.25, 0.3) is 0 Å². The number of urea groups is 1. The van der Waals surface area contributed by atoms with Crippen LogP contribution in [0.4, 0.5) is 4.79 Å². The summed E-state index contributed by atoms with van der Waals surface area (Å²) in [6.07, 6.45) is 0. The largest absolute Gasteiger partial charge is 0.395 e. The fourth-order valence-electron chi connectivity index (χ4n) is 1.54. The number of amides is 2. The molecule has 0 unspecified atom stereocenters. The Hall–Kier alpha value is -1.26. The molecule has 18 heavy (non-hydrogen) atoms. The number of halogens is 1. The van der Waals surface area contributed by atoms with Crippen LogP contribution >= 0.6 is 11.6 Å². The van der Waals surface area contributed by atoms with Crippen LogP contribution in [-0.2, 0) is 5.41 Å². The lowest BCUT2D eigenvalue weighted by molar-refractivity contribution is 0.232. The first-order valence-corrected chi connectivity index (χ1v) is 6.22. The summed E-state index contributed by atoms with van der Waals surface area (Å²) in [4.78, 5) is 11.4. The van der Waals surface area contributed by atoms with E-state index in [0.717, 1.165) is 5.56 Å². The van der Waals surface area contributed by atoms with Gasteiger partial charge in [0.1, 0.15) is 0 Å². The van der Waals surface area contributed by atoms with Crippen LogP contribution in [0.15, 0.2) is 24.3 Å². The zero-order valence-electron chi connectivity index (χ0n) is 10.7. The molecule has 5 heteroatoms. The first-order valence-electron chi connectivity index (χ1n) is 5.84. The topological polar surface area (TPSA) is 61.4 Å². The van der Waals surface area contributed by atoms with Crippen molar-refractivity contribution in [1.29, 1.82) is 0 Å². The number of carbonyl (C=O) groups excluding carboxylic acids is 1. The molecule has 0 fully saturated rings. The zero-order valence-corrected chi connectivity index (χ0v) is 11.4. The molecule has 0 aromatic heterocycles. The second-order valence-electron chi connectivity index (χ2n) is 4.72. The quantitative estimate of drug-likeness (QED) is 0.765. The molecule has 3 N–H and O–H groups in total. The highest BCUT2D eigenvalue weighted by molar-refractivity contribution is 6.30. The highest BCUT2D eigenvalue weighted by Crippen LogP contribution is 2.23. The molecule has 0 saturated heterocycles. The van der Waals surface area contributed by atoms with Crippen LogP contribution in [0.25, 0.3) is 0 Å². The van der Waals surface area contributed by atoms with Crippen LogP contribution in [0.1, 0.15) is 19.4 Å². The number of hydrogen-bond donors (Lipinski definition) is 3. The molecule has 0 saturated carbocycles. The van der Waals surface area contributed by atoms with Crippen molar-refractivity contribution in [3.8, 4) is 0 Å². The van der Waals surface area contributed by atoms with Crippen LogP contribution in [-0.4, -0.2) is 30.8 Å². The molecule has 1 aromatic rings. The Kier molecular flexibility index (Phi) is 5.44. The van der Waals surface area contributed by atoms with Gasteiger partial charge >= 0.3 is 6.03 Å². The molecule has 1 rings (SSSR count). The first-order chi connectivity index (χ1) is 8.45. The highest BCUT2D eigenvalue weighted by Gasteiger charge is 2.21. The van der Waals surface area contributed by atoms with Crippen LogP contribution in [0.5, 0.6) is 0 Å². The van der Waals surface area contributed by atoms with Crippen LogP contribution < -0.4 is 10.6 Å². The van der Waals surface area contributed by atoms with E-state index in [0.29, 0.717) is 11.6 Å². The molecule has 0 spiro atoms. The molecule has 0 heterocycles. The van der Waals surface area contributed by atoms with Gasteiger partial charge in [-0.05, 0) is 17.7 Å². The number of benzene rings is 1. The predicted octanol–water partition coefficient (Wildman–Crippen LogP) is 1.91. The number of rotatable bonds is 5. The summed E-state index contributed by atoms with van der Waals surface area (Å²) in [5, 5.41) is 14.6. The highest BCUT2D eigenvalue weighted by atomic mass is 35.5. The second kappa shape index (κ2) is 6.61. The van der Waals surface area contributed by atoms with E-state index in [4.69, 9.17) is 16.7 Å². The summed E-state index contributed by atoms with van der Waals surface area (Å²) < 4.78 is 0. The van der Waals surface area contributed by atoms with Gasteiger partial charge in [-0.3, -0.25) is 0 Å². The molecule has 0 aliphatic carbocycles. The van der Waals surface area contributed by atoms with E-state index in [9.17, 15) is 4.79 Å². The predicted molar refractivity (Wildman–Crippen MR) is 73.0 cm³/mol. The lowest BCUT2D eigenvalue weighted by atomic mass is 9.85. The van der Waals surface area contributed by atoms with Crippen LogP contribution in [0.3, 0.4) is 0 Å². The Morgan fingerprint density at radius 2 is 1.89 bits per heavy atom. The van der Waals surface area contributed by atoms with Crippen molar-refractivity contribution >= 4 is 17.6 Å². The summed E-state index contributed by atoms with van der Waals surface area (Å²) in [5.41, 5.74) is 0.926. The van der Waals surface area contributed by atoms with E-state index in [2.05, 4.69) is 10.6 Å². The minimum atomic E-state index is -0.272. The minimum absolute atomic E-state index is 0.0615. The van der Waals surface area contributed by atoms with Gasteiger partial charge in [-0.15, -0.1) is 0 Å². The third-order valence-electron chi connectivity index (χ3n) is 2.71. The van der Waals surface area contributed by atoms with E-state index in [1.165, 1.54) is 0 Å². The number of hydrogen-bond acceptors (Lipinski definition) is 2. The average Bonchev–Trinajstić information content (AvgIpc) is 2.34. The summed E-state index contributed by atoms with van der Waals surface area (Å²) in [6, 6.07) is 7.31. The molecule has 0 aliphatic rings. The fraction of sp³-hybridized carbons (Fsp3) is 0.462. The maximum Gasteiger partial charge on any atom is 0.314 e.